The second-order valence-electron chi connectivity index (χ2n) is 7.47. The van der Waals surface area contributed by atoms with Crippen molar-refractivity contribution >= 4 is 21.8 Å². The van der Waals surface area contributed by atoms with Crippen LogP contribution in [-0.4, -0.2) is 62.3 Å². The molecule has 7 heteroatoms. The Kier molecular flexibility index (Phi) is 8.34. The Hall–Kier alpha value is -1.15. The van der Waals surface area contributed by atoms with Crippen molar-refractivity contribution in [2.45, 2.75) is 32.9 Å². The number of amides is 1. The summed E-state index contributed by atoms with van der Waals surface area (Å²) in [5.41, 5.74) is 0.772. The Bertz CT molecular complexity index is 584. The first kappa shape index (κ1) is 21.2. The standard InChI is InChI=1S/C19H30BrN3O3/c1-19(2,3)22-18(24)14-26-17-5-4-16(20)12-15(17)13-21-6-7-23-8-10-25-11-9-23/h4-5,12,21H,6-11,13-14H2,1-3H3,(H,22,24). The molecule has 0 spiro atoms. The Balaban J connectivity index is 1.81. The lowest BCUT2D eigenvalue weighted by atomic mass is 10.1. The Labute approximate surface area is 164 Å². The molecule has 1 aliphatic heterocycles. The highest BCUT2D eigenvalue weighted by molar-refractivity contribution is 9.10. The number of carbonyl (C=O) groups excluding carboxylic acids is 1. The van der Waals surface area contributed by atoms with Gasteiger partial charge in [-0.25, -0.2) is 0 Å². The van der Waals surface area contributed by atoms with Gasteiger partial charge in [0.15, 0.2) is 6.61 Å². The van der Waals surface area contributed by atoms with Crippen molar-refractivity contribution < 1.29 is 14.3 Å². The van der Waals surface area contributed by atoms with E-state index >= 15 is 0 Å². The first-order valence-electron chi connectivity index (χ1n) is 9.06. The lowest BCUT2D eigenvalue weighted by molar-refractivity contribution is -0.124. The fourth-order valence-electron chi connectivity index (χ4n) is 2.71. The van der Waals surface area contributed by atoms with Crippen LogP contribution in [0.15, 0.2) is 22.7 Å². The zero-order chi connectivity index (χ0) is 19.0. The number of halogens is 1. The van der Waals surface area contributed by atoms with Gasteiger partial charge in [-0.3, -0.25) is 9.69 Å². The smallest absolute Gasteiger partial charge is 0.258 e. The molecule has 1 amide bonds. The number of nitrogens with one attached hydrogen (secondary N) is 2. The number of rotatable bonds is 8. The lowest BCUT2D eigenvalue weighted by Crippen LogP contribution is -2.43. The van der Waals surface area contributed by atoms with Gasteiger partial charge in [-0.15, -0.1) is 0 Å². The molecule has 0 radical (unpaired) electrons. The number of nitrogens with zero attached hydrogens (tertiary/aromatic N) is 1. The van der Waals surface area contributed by atoms with E-state index in [0.29, 0.717) is 6.54 Å². The molecule has 1 aromatic rings. The molecule has 0 unspecified atom stereocenters. The molecule has 6 nitrogen and oxygen atoms in total. The van der Waals surface area contributed by atoms with Crippen molar-refractivity contribution in [3.05, 3.63) is 28.2 Å². The largest absolute Gasteiger partial charge is 0.483 e. The van der Waals surface area contributed by atoms with E-state index < -0.39 is 0 Å². The van der Waals surface area contributed by atoms with E-state index in [1.807, 2.05) is 39.0 Å². The molecule has 0 atom stereocenters. The Morgan fingerprint density at radius 3 is 2.73 bits per heavy atom. The van der Waals surface area contributed by atoms with Gasteiger partial charge in [0.1, 0.15) is 5.75 Å². The number of morpholine rings is 1. The molecule has 1 fully saturated rings. The normalized spacial score (nSPS) is 15.7. The summed E-state index contributed by atoms with van der Waals surface area (Å²) in [6.07, 6.45) is 0. The molecule has 0 saturated carbocycles. The van der Waals surface area contributed by atoms with Crippen LogP contribution in [0.25, 0.3) is 0 Å². The maximum absolute atomic E-state index is 12.0. The summed E-state index contributed by atoms with van der Waals surface area (Å²) < 4.78 is 12.1. The van der Waals surface area contributed by atoms with Gasteiger partial charge in [0.25, 0.3) is 5.91 Å². The average Bonchev–Trinajstić information content (AvgIpc) is 2.57. The number of hydrogen-bond acceptors (Lipinski definition) is 5. The van der Waals surface area contributed by atoms with E-state index in [1.165, 1.54) is 0 Å². The predicted molar refractivity (Wildman–Crippen MR) is 106 cm³/mol. The zero-order valence-electron chi connectivity index (χ0n) is 15.9. The highest BCUT2D eigenvalue weighted by Crippen LogP contribution is 2.23. The molecule has 2 N–H and O–H groups in total. The van der Waals surface area contributed by atoms with Crippen LogP contribution in [0, 0.1) is 0 Å². The van der Waals surface area contributed by atoms with Crippen molar-refractivity contribution in [3.63, 3.8) is 0 Å². The molecule has 26 heavy (non-hydrogen) atoms. The molecule has 1 aromatic carbocycles. The van der Waals surface area contributed by atoms with Crippen LogP contribution >= 0.6 is 15.9 Å². The SMILES string of the molecule is CC(C)(C)NC(=O)COc1ccc(Br)cc1CNCCN1CCOCC1. The zero-order valence-corrected chi connectivity index (χ0v) is 17.5. The van der Waals surface area contributed by atoms with Gasteiger partial charge in [-0.05, 0) is 39.0 Å². The van der Waals surface area contributed by atoms with E-state index in [1.54, 1.807) is 0 Å². The monoisotopic (exact) mass is 427 g/mol. The Morgan fingerprint density at radius 1 is 1.31 bits per heavy atom. The predicted octanol–water partition coefficient (Wildman–Crippen LogP) is 2.16. The maximum Gasteiger partial charge on any atom is 0.258 e. The number of benzene rings is 1. The molecule has 1 saturated heterocycles. The van der Waals surface area contributed by atoms with Gasteiger partial charge in [0.2, 0.25) is 0 Å². The summed E-state index contributed by atoms with van der Waals surface area (Å²) >= 11 is 3.50. The van der Waals surface area contributed by atoms with E-state index in [4.69, 9.17) is 9.47 Å². The van der Waals surface area contributed by atoms with Crippen LogP contribution in [0.4, 0.5) is 0 Å². The molecule has 1 aliphatic rings. The van der Waals surface area contributed by atoms with E-state index in [2.05, 4.69) is 31.5 Å². The van der Waals surface area contributed by atoms with Crippen LogP contribution in [0.1, 0.15) is 26.3 Å². The summed E-state index contributed by atoms with van der Waals surface area (Å²) in [5, 5.41) is 6.36. The summed E-state index contributed by atoms with van der Waals surface area (Å²) in [6, 6.07) is 5.85. The third-order valence-corrected chi connectivity index (χ3v) is 4.41. The third kappa shape index (κ3) is 8.03. The molecular weight excluding hydrogens is 398 g/mol. The van der Waals surface area contributed by atoms with E-state index in [0.717, 1.165) is 55.2 Å². The second kappa shape index (κ2) is 10.3. The second-order valence-corrected chi connectivity index (χ2v) is 8.39. The molecule has 0 aliphatic carbocycles. The van der Waals surface area contributed by atoms with Crippen LogP contribution in [0.2, 0.25) is 0 Å². The minimum Gasteiger partial charge on any atom is -0.483 e. The van der Waals surface area contributed by atoms with Crippen molar-refractivity contribution in [1.82, 2.24) is 15.5 Å². The van der Waals surface area contributed by atoms with Crippen LogP contribution in [0.3, 0.4) is 0 Å². The average molecular weight is 428 g/mol. The van der Waals surface area contributed by atoms with Crippen molar-refractivity contribution in [2.75, 3.05) is 46.0 Å². The van der Waals surface area contributed by atoms with Gasteiger partial charge in [0.05, 0.1) is 13.2 Å². The number of ether oxygens (including phenoxy) is 2. The van der Waals surface area contributed by atoms with Crippen LogP contribution in [0.5, 0.6) is 5.75 Å². The van der Waals surface area contributed by atoms with Crippen molar-refractivity contribution in [1.29, 1.82) is 0 Å². The lowest BCUT2D eigenvalue weighted by Gasteiger charge is -2.26. The molecule has 2 rings (SSSR count). The third-order valence-electron chi connectivity index (χ3n) is 3.92. The van der Waals surface area contributed by atoms with Gasteiger partial charge >= 0.3 is 0 Å². The number of carbonyl (C=O) groups is 1. The topological polar surface area (TPSA) is 62.8 Å². The summed E-state index contributed by atoms with van der Waals surface area (Å²) in [5.74, 6) is 0.614. The Morgan fingerprint density at radius 2 is 2.04 bits per heavy atom. The maximum atomic E-state index is 12.0. The van der Waals surface area contributed by atoms with Gasteiger partial charge in [-0.2, -0.15) is 0 Å². The van der Waals surface area contributed by atoms with Crippen molar-refractivity contribution in [3.8, 4) is 5.75 Å². The first-order chi connectivity index (χ1) is 12.3. The van der Waals surface area contributed by atoms with Crippen LogP contribution < -0.4 is 15.4 Å². The van der Waals surface area contributed by atoms with Gasteiger partial charge in [0, 0.05) is 48.3 Å². The van der Waals surface area contributed by atoms with Crippen LogP contribution in [-0.2, 0) is 16.1 Å². The molecular formula is C19H30BrN3O3. The fourth-order valence-corrected chi connectivity index (χ4v) is 3.12. The summed E-state index contributed by atoms with van der Waals surface area (Å²) in [6.45, 7) is 12.1. The highest BCUT2D eigenvalue weighted by atomic mass is 79.9. The van der Waals surface area contributed by atoms with Gasteiger partial charge < -0.3 is 20.1 Å². The van der Waals surface area contributed by atoms with E-state index in [-0.39, 0.29) is 18.1 Å². The quantitative estimate of drug-likeness (QED) is 0.622. The van der Waals surface area contributed by atoms with E-state index in [9.17, 15) is 4.79 Å². The molecule has 0 aromatic heterocycles. The molecule has 0 bridgehead atoms. The fraction of sp³-hybridized carbons (Fsp3) is 0.632. The summed E-state index contributed by atoms with van der Waals surface area (Å²) in [4.78, 5) is 14.4. The minimum atomic E-state index is -0.260. The van der Waals surface area contributed by atoms with Gasteiger partial charge in [-0.1, -0.05) is 15.9 Å². The van der Waals surface area contributed by atoms with Crippen molar-refractivity contribution in [2.24, 2.45) is 0 Å². The number of hydrogen-bond donors (Lipinski definition) is 2. The first-order valence-corrected chi connectivity index (χ1v) is 9.86. The molecule has 146 valence electrons. The molecule has 1 heterocycles. The minimum absolute atomic E-state index is 0.0136. The highest BCUT2D eigenvalue weighted by Gasteiger charge is 2.15. The summed E-state index contributed by atoms with van der Waals surface area (Å²) in [7, 11) is 0.